The number of carbonyl (C=O) groups is 3. The molecule has 170 valence electrons. The fourth-order valence-corrected chi connectivity index (χ4v) is 4.44. The molecule has 0 saturated carbocycles. The summed E-state index contributed by atoms with van der Waals surface area (Å²) < 4.78 is 4.89. The van der Waals surface area contributed by atoms with Crippen LogP contribution in [0.15, 0.2) is 22.3 Å². The number of aliphatic hydroxyl groups is 2. The second-order valence-electron chi connectivity index (χ2n) is 6.18. The minimum atomic E-state index is -1.17. The molecule has 3 rings (SSSR count). The number of aliphatic hydroxyl groups excluding tert-OH is 2. The number of thioether (sulfide) groups is 1. The van der Waals surface area contributed by atoms with Crippen LogP contribution in [0.5, 0.6) is 0 Å². The lowest BCUT2D eigenvalue weighted by molar-refractivity contribution is -0.145. The van der Waals surface area contributed by atoms with Crippen molar-refractivity contribution in [2.45, 2.75) is 17.5 Å². The van der Waals surface area contributed by atoms with Crippen LogP contribution in [-0.2, 0) is 24.0 Å². The summed E-state index contributed by atoms with van der Waals surface area (Å²) in [4.78, 5) is 47.1. The van der Waals surface area contributed by atoms with E-state index in [2.05, 4.69) is 15.5 Å². The number of halogens is 1. The lowest BCUT2D eigenvalue weighted by atomic mass is 10.1. The molecule has 15 heteroatoms. The van der Waals surface area contributed by atoms with Gasteiger partial charge in [0.1, 0.15) is 36.9 Å². The molecule has 0 aliphatic carbocycles. The maximum absolute atomic E-state index is 12.6. The van der Waals surface area contributed by atoms with Gasteiger partial charge in [-0.1, -0.05) is 5.16 Å². The van der Waals surface area contributed by atoms with Gasteiger partial charge in [-0.25, -0.2) is 9.78 Å². The number of nitrogens with zero attached hydrogens (tertiary/aromatic N) is 3. The van der Waals surface area contributed by atoms with Gasteiger partial charge in [0.2, 0.25) is 0 Å². The highest BCUT2D eigenvalue weighted by Gasteiger charge is 2.50. The first kappa shape index (κ1) is 24.9. The lowest BCUT2D eigenvalue weighted by Gasteiger charge is -2.47. The number of rotatable bonds is 8. The molecule has 0 aromatic carbocycles. The average molecular weight is 494 g/mol. The van der Waals surface area contributed by atoms with Crippen LogP contribution in [0.4, 0.5) is 5.13 Å². The number of hydrogen-bond acceptors (Lipinski definition) is 12. The fourth-order valence-electron chi connectivity index (χ4n) is 2.64. The number of nitrogens with one attached hydrogen (secondary N) is 1. The lowest BCUT2D eigenvalue weighted by Crippen LogP contribution is -2.69. The van der Waals surface area contributed by atoms with Crippen LogP contribution in [0.1, 0.15) is 5.69 Å². The number of anilines is 1. The first-order valence-electron chi connectivity index (χ1n) is 8.59. The molecule has 0 radical (unpaired) electrons. The minimum absolute atomic E-state index is 0. The zero-order valence-corrected chi connectivity index (χ0v) is 18.5. The van der Waals surface area contributed by atoms with Gasteiger partial charge in [0.25, 0.3) is 11.8 Å². The second-order valence-corrected chi connectivity index (χ2v) is 8.18. The molecule has 2 aliphatic heterocycles. The number of nitrogen functional groups attached to an aromatic ring is 1. The average Bonchev–Trinajstić information content (AvgIpc) is 3.18. The van der Waals surface area contributed by atoms with Crippen molar-refractivity contribution in [3.05, 3.63) is 22.8 Å². The number of carbonyl (C=O) groups excluding carboxylic acids is 3. The molecule has 31 heavy (non-hydrogen) atoms. The molecule has 1 aromatic heterocycles. The van der Waals surface area contributed by atoms with Crippen LogP contribution in [-0.4, -0.2) is 87.2 Å². The van der Waals surface area contributed by atoms with E-state index in [0.29, 0.717) is 0 Å². The summed E-state index contributed by atoms with van der Waals surface area (Å²) in [5.41, 5.74) is 5.94. The van der Waals surface area contributed by atoms with Gasteiger partial charge >= 0.3 is 5.97 Å². The Kier molecular flexibility index (Phi) is 8.64. The molecule has 2 aliphatic rings. The molecular formula is C16H20ClN5O7S2. The molecule has 12 nitrogen and oxygen atoms in total. The number of thiazole rings is 1. The molecule has 1 saturated heterocycles. The molecule has 2 unspecified atom stereocenters. The van der Waals surface area contributed by atoms with Gasteiger partial charge in [-0.3, -0.25) is 9.59 Å². The molecule has 1 fully saturated rings. The molecule has 2 amide bonds. The molecule has 3 heterocycles. The van der Waals surface area contributed by atoms with Gasteiger partial charge < -0.3 is 35.7 Å². The number of esters is 1. The first-order valence-corrected chi connectivity index (χ1v) is 10.5. The van der Waals surface area contributed by atoms with Crippen molar-refractivity contribution in [3.8, 4) is 0 Å². The molecule has 3 atom stereocenters. The van der Waals surface area contributed by atoms with E-state index in [1.54, 1.807) is 5.38 Å². The number of amides is 2. The number of nitrogens with two attached hydrogens (primary N) is 1. The Morgan fingerprint density at radius 3 is 2.87 bits per heavy atom. The second kappa shape index (κ2) is 10.8. The highest BCUT2D eigenvalue weighted by atomic mass is 35.5. The third-order valence-corrected chi connectivity index (χ3v) is 6.11. The van der Waals surface area contributed by atoms with Crippen molar-refractivity contribution in [2.24, 2.45) is 5.16 Å². The Balaban J connectivity index is 0.00000341. The number of hydrogen-bond donors (Lipinski definition) is 4. The van der Waals surface area contributed by atoms with Gasteiger partial charge in [-0.2, -0.15) is 0 Å². The van der Waals surface area contributed by atoms with Gasteiger partial charge in [0.05, 0.1) is 12.2 Å². The third-order valence-electron chi connectivity index (χ3n) is 4.11. The normalized spacial score (nSPS) is 21.1. The highest BCUT2D eigenvalue weighted by Crippen LogP contribution is 2.36. The topological polar surface area (TPSA) is 177 Å². The fraction of sp³-hybridized carbons (Fsp3) is 0.438. The third kappa shape index (κ3) is 5.46. The number of oxime groups is 1. The number of ether oxygens (including phenoxy) is 1. The first-order chi connectivity index (χ1) is 14.3. The molecule has 0 bridgehead atoms. The summed E-state index contributed by atoms with van der Waals surface area (Å²) in [6, 6.07) is -0.814. The van der Waals surface area contributed by atoms with E-state index in [1.807, 2.05) is 0 Å². The van der Waals surface area contributed by atoms with Gasteiger partial charge in [0, 0.05) is 17.3 Å². The molecule has 0 spiro atoms. The Morgan fingerprint density at radius 1 is 1.52 bits per heavy atom. The Labute approximate surface area is 190 Å². The molecular weight excluding hydrogens is 474 g/mol. The van der Waals surface area contributed by atoms with E-state index in [0.717, 1.165) is 11.3 Å². The molecule has 1 aromatic rings. The van der Waals surface area contributed by atoms with Gasteiger partial charge in [0.15, 0.2) is 10.8 Å². The van der Waals surface area contributed by atoms with E-state index in [-0.39, 0.29) is 46.9 Å². The van der Waals surface area contributed by atoms with E-state index in [9.17, 15) is 19.5 Å². The summed E-state index contributed by atoms with van der Waals surface area (Å²) in [6.07, 6.45) is 0.199. The summed E-state index contributed by atoms with van der Waals surface area (Å²) in [7, 11) is 1.28. The van der Waals surface area contributed by atoms with E-state index in [1.165, 1.54) is 30.0 Å². The van der Waals surface area contributed by atoms with Crippen molar-refractivity contribution < 1.29 is 34.2 Å². The van der Waals surface area contributed by atoms with Gasteiger partial charge in [-0.05, 0) is 0 Å². The number of aromatic nitrogens is 1. The summed E-state index contributed by atoms with van der Waals surface area (Å²) in [6.45, 7) is -0.882. The van der Waals surface area contributed by atoms with Crippen LogP contribution in [0.25, 0.3) is 0 Å². The van der Waals surface area contributed by atoms with Crippen LogP contribution < -0.4 is 11.1 Å². The Hall–Kier alpha value is -2.39. The van der Waals surface area contributed by atoms with E-state index in [4.69, 9.17) is 20.4 Å². The van der Waals surface area contributed by atoms with E-state index >= 15 is 0 Å². The number of fused-ring (bicyclic) bond motifs is 1. The van der Waals surface area contributed by atoms with Gasteiger partial charge in [-0.15, -0.1) is 35.5 Å². The summed E-state index contributed by atoms with van der Waals surface area (Å²) in [5, 5.41) is 25.7. The van der Waals surface area contributed by atoms with Crippen LogP contribution in [0, 0.1) is 0 Å². The maximum atomic E-state index is 12.6. The van der Waals surface area contributed by atoms with Crippen LogP contribution in [0.3, 0.4) is 0 Å². The summed E-state index contributed by atoms with van der Waals surface area (Å²) in [5.74, 6) is -1.50. The smallest absolute Gasteiger partial charge is 0.336 e. The quantitative estimate of drug-likeness (QED) is 0.147. The maximum Gasteiger partial charge on any atom is 0.336 e. The Morgan fingerprint density at radius 2 is 2.26 bits per heavy atom. The van der Waals surface area contributed by atoms with Crippen LogP contribution >= 0.6 is 35.5 Å². The SMILES string of the molecule is CON=C(C(=O)NC1C(=O)N2C=C(C(=O)OCC(O)CO)CS[C@H]12)c1csc(N)n1.Cl. The summed E-state index contributed by atoms with van der Waals surface area (Å²) >= 11 is 2.41. The highest BCUT2D eigenvalue weighted by molar-refractivity contribution is 8.00. The van der Waals surface area contributed by atoms with Crippen molar-refractivity contribution in [3.63, 3.8) is 0 Å². The van der Waals surface area contributed by atoms with Crippen molar-refractivity contribution in [2.75, 3.05) is 31.8 Å². The monoisotopic (exact) mass is 493 g/mol. The number of β-lactam (4-membered cyclic amide) rings is 1. The zero-order chi connectivity index (χ0) is 21.8. The predicted molar refractivity (Wildman–Crippen MR) is 114 cm³/mol. The molecule has 5 N–H and O–H groups in total. The largest absolute Gasteiger partial charge is 0.459 e. The standard InChI is InChI=1S/C16H19N5O7S2.ClH/c1-27-20-10(9-6-30-16(17)18-9)12(24)19-11-13(25)21-2-7(5-29-14(11)21)15(26)28-4-8(23)3-22;/h2,6,8,11,14,22-23H,3-5H2,1H3,(H2,17,18)(H,19,24);1H/t8?,11?,14-;/m1./s1. The Bertz CT molecular complexity index is 909. The zero-order valence-electron chi connectivity index (χ0n) is 16.1. The minimum Gasteiger partial charge on any atom is -0.459 e. The van der Waals surface area contributed by atoms with Crippen molar-refractivity contribution in [1.29, 1.82) is 0 Å². The van der Waals surface area contributed by atoms with Crippen LogP contribution in [0.2, 0.25) is 0 Å². The predicted octanol–water partition coefficient (Wildman–Crippen LogP) is -1.32. The van der Waals surface area contributed by atoms with Crippen molar-refractivity contribution in [1.82, 2.24) is 15.2 Å². The van der Waals surface area contributed by atoms with Crippen molar-refractivity contribution >= 4 is 64.1 Å². The van der Waals surface area contributed by atoms with E-state index < -0.39 is 41.9 Å².